The monoisotopic (exact) mass is 496 g/mol. The minimum Gasteiger partial charge on any atom is -0.450 e. The fourth-order valence-electron chi connectivity index (χ4n) is 3.69. The fourth-order valence-corrected chi connectivity index (χ4v) is 3.86. The summed E-state index contributed by atoms with van der Waals surface area (Å²) in [6.45, 7) is -0.124. The lowest BCUT2D eigenvalue weighted by atomic mass is 10.0. The van der Waals surface area contributed by atoms with Crippen LogP contribution in [0.1, 0.15) is 5.56 Å². The predicted octanol–water partition coefficient (Wildman–Crippen LogP) is 2.24. The molecule has 0 fully saturated rings. The molecular weight excluding hydrogens is 472 g/mol. The first-order valence-corrected chi connectivity index (χ1v) is 11.4. The first kappa shape index (κ1) is 24.5. The van der Waals surface area contributed by atoms with Crippen molar-refractivity contribution < 1.29 is 24.5 Å². The number of para-hydroxylation sites is 1. The van der Waals surface area contributed by atoms with Crippen molar-refractivity contribution in [3.63, 3.8) is 0 Å². The molecule has 0 saturated heterocycles. The van der Waals surface area contributed by atoms with Crippen molar-refractivity contribution in [3.05, 3.63) is 89.3 Å². The van der Waals surface area contributed by atoms with E-state index >= 15 is 0 Å². The van der Waals surface area contributed by atoms with Gasteiger partial charge in [-0.15, -0.1) is 0 Å². The number of hydrogen-bond donors (Lipinski definition) is 3. The Kier molecular flexibility index (Phi) is 7.81. The van der Waals surface area contributed by atoms with Crippen LogP contribution in [0.3, 0.4) is 0 Å². The molecule has 2 aromatic carbocycles. The van der Waals surface area contributed by atoms with Crippen LogP contribution in [-0.2, 0) is 22.6 Å². The second-order valence-electron chi connectivity index (χ2n) is 8.01. The number of nitrogens with one attached hydrogen (secondary N) is 1. The van der Waals surface area contributed by atoms with Crippen LogP contribution in [0.4, 0.5) is 5.82 Å². The van der Waals surface area contributed by atoms with E-state index in [4.69, 9.17) is 21.4 Å². The number of rotatable bonds is 10. The number of halogens is 1. The number of anilines is 1. The summed E-state index contributed by atoms with van der Waals surface area (Å²) < 4.78 is 7.16. The third-order valence-electron chi connectivity index (χ3n) is 5.45. The van der Waals surface area contributed by atoms with Gasteiger partial charge in [0.1, 0.15) is 11.8 Å². The van der Waals surface area contributed by atoms with Crippen molar-refractivity contribution >= 4 is 29.2 Å². The van der Waals surface area contributed by atoms with Gasteiger partial charge in [0, 0.05) is 25.2 Å². The van der Waals surface area contributed by atoms with E-state index in [-0.39, 0.29) is 31.1 Å². The molecule has 2 heterocycles. The topological polar surface area (TPSA) is 117 Å². The highest BCUT2D eigenvalue weighted by Gasteiger charge is 2.36. The van der Waals surface area contributed by atoms with E-state index in [9.17, 15) is 14.7 Å². The van der Waals surface area contributed by atoms with Crippen LogP contribution >= 0.6 is 11.6 Å². The van der Waals surface area contributed by atoms with Crippen LogP contribution in [0.15, 0.2) is 78.7 Å². The average molecular weight is 497 g/mol. The van der Waals surface area contributed by atoms with Gasteiger partial charge in [-0.2, -0.15) is 5.10 Å². The zero-order chi connectivity index (χ0) is 24.8. The molecule has 1 aliphatic heterocycles. The van der Waals surface area contributed by atoms with Crippen LogP contribution in [0.2, 0.25) is 5.02 Å². The van der Waals surface area contributed by atoms with E-state index < -0.39 is 30.6 Å². The Balaban J connectivity index is 1.50. The highest BCUT2D eigenvalue weighted by molar-refractivity contribution is 6.32. The Labute approximate surface area is 207 Å². The van der Waals surface area contributed by atoms with Crippen LogP contribution < -0.4 is 10.1 Å². The second-order valence-corrected chi connectivity index (χ2v) is 8.42. The fraction of sp³-hybridized carbons (Fsp3) is 0.240. The Bertz CT molecular complexity index is 1210. The molecule has 0 bridgehead atoms. The van der Waals surface area contributed by atoms with E-state index in [1.165, 1.54) is 9.58 Å². The summed E-state index contributed by atoms with van der Waals surface area (Å²) >= 11 is 6.16. The minimum atomic E-state index is -0.964. The van der Waals surface area contributed by atoms with E-state index in [1.807, 2.05) is 30.3 Å². The Hall–Kier alpha value is -3.66. The van der Waals surface area contributed by atoms with Crippen LogP contribution in [0.5, 0.6) is 5.75 Å². The van der Waals surface area contributed by atoms with E-state index in [0.29, 0.717) is 10.8 Å². The summed E-state index contributed by atoms with van der Waals surface area (Å²) in [5.41, 5.74) is 0.887. The summed E-state index contributed by atoms with van der Waals surface area (Å²) in [6, 6.07) is 17.0. The molecule has 0 unspecified atom stereocenters. The number of carbonyl (C=O) groups excluding carboxylic acids is 2. The summed E-state index contributed by atoms with van der Waals surface area (Å²) in [4.78, 5) is 28.0. The molecule has 1 aromatic heterocycles. The van der Waals surface area contributed by atoms with E-state index in [1.54, 1.807) is 42.6 Å². The second kappa shape index (κ2) is 11.2. The maximum atomic E-state index is 13.3. The number of nitrogens with zero attached hydrogens (tertiary/aromatic N) is 3. The third-order valence-corrected chi connectivity index (χ3v) is 5.77. The van der Waals surface area contributed by atoms with E-state index in [0.717, 1.165) is 5.56 Å². The van der Waals surface area contributed by atoms with Gasteiger partial charge >= 0.3 is 0 Å². The molecule has 0 saturated carbocycles. The van der Waals surface area contributed by atoms with Crippen LogP contribution in [0, 0.1) is 0 Å². The molecule has 0 aliphatic carbocycles. The highest BCUT2D eigenvalue weighted by atomic mass is 35.5. The van der Waals surface area contributed by atoms with Gasteiger partial charge in [0.15, 0.2) is 11.6 Å². The molecule has 4 rings (SSSR count). The van der Waals surface area contributed by atoms with Gasteiger partial charge in [0.25, 0.3) is 5.91 Å². The molecule has 35 heavy (non-hydrogen) atoms. The molecule has 182 valence electrons. The molecular formula is C25H25ClN4O5. The van der Waals surface area contributed by atoms with Gasteiger partial charge in [-0.3, -0.25) is 14.3 Å². The smallest absolute Gasteiger partial charge is 0.290 e. The molecule has 9 nitrogen and oxygen atoms in total. The third kappa shape index (κ3) is 6.07. The maximum Gasteiger partial charge on any atom is 0.290 e. The Morgan fingerprint density at radius 3 is 2.63 bits per heavy atom. The molecule has 2 atom stereocenters. The molecule has 0 spiro atoms. The SMILES string of the molecule is O=C(Nc1ccn(C[C@@H](O)CO)n1)[C@H](Cc1ccccc1)N1CC=C(Oc2ccccc2Cl)C1=O. The van der Waals surface area contributed by atoms with Gasteiger partial charge in [-0.1, -0.05) is 54.1 Å². The van der Waals surface area contributed by atoms with Crippen LogP contribution in [0.25, 0.3) is 0 Å². The van der Waals surface area contributed by atoms with Crippen molar-refractivity contribution in [2.45, 2.75) is 25.1 Å². The predicted molar refractivity (Wildman–Crippen MR) is 130 cm³/mol. The first-order valence-electron chi connectivity index (χ1n) is 11.0. The van der Waals surface area contributed by atoms with Crippen molar-refractivity contribution in [3.8, 4) is 5.75 Å². The number of amides is 2. The van der Waals surface area contributed by atoms with E-state index in [2.05, 4.69) is 10.4 Å². The average Bonchev–Trinajstić information content (AvgIpc) is 3.45. The molecule has 3 N–H and O–H groups in total. The minimum absolute atomic E-state index is 0.0804. The molecule has 1 aliphatic rings. The van der Waals surface area contributed by atoms with Crippen molar-refractivity contribution in [1.82, 2.24) is 14.7 Å². The summed E-state index contributed by atoms with van der Waals surface area (Å²) in [5, 5.41) is 26.0. The zero-order valence-corrected chi connectivity index (χ0v) is 19.5. The Morgan fingerprint density at radius 2 is 1.89 bits per heavy atom. The van der Waals surface area contributed by atoms with Crippen molar-refractivity contribution in [2.24, 2.45) is 0 Å². The van der Waals surface area contributed by atoms with Gasteiger partial charge in [-0.25, -0.2) is 0 Å². The van der Waals surface area contributed by atoms with Crippen LogP contribution in [-0.4, -0.2) is 62.0 Å². The summed E-state index contributed by atoms with van der Waals surface area (Å²) in [5.74, 6) is -0.105. The quantitative estimate of drug-likeness (QED) is 0.396. The first-order chi connectivity index (χ1) is 16.9. The van der Waals surface area contributed by atoms with Crippen molar-refractivity contribution in [2.75, 3.05) is 18.5 Å². The number of aliphatic hydroxyl groups excluding tert-OH is 2. The van der Waals surface area contributed by atoms with Gasteiger partial charge in [0.05, 0.1) is 24.3 Å². The Morgan fingerprint density at radius 1 is 1.14 bits per heavy atom. The number of ether oxygens (including phenoxy) is 1. The molecule has 2 amide bonds. The largest absolute Gasteiger partial charge is 0.450 e. The molecule has 3 aromatic rings. The van der Waals surface area contributed by atoms with Gasteiger partial charge in [0.2, 0.25) is 5.91 Å². The van der Waals surface area contributed by atoms with Gasteiger partial charge < -0.3 is 25.2 Å². The number of aromatic nitrogens is 2. The summed E-state index contributed by atoms with van der Waals surface area (Å²) in [6.07, 6.45) is 2.53. The normalized spacial score (nSPS) is 15.0. The maximum absolute atomic E-state index is 13.3. The number of hydrogen-bond acceptors (Lipinski definition) is 6. The molecule has 0 radical (unpaired) electrons. The lowest BCUT2D eigenvalue weighted by Crippen LogP contribution is -2.47. The highest BCUT2D eigenvalue weighted by Crippen LogP contribution is 2.28. The van der Waals surface area contributed by atoms with Crippen molar-refractivity contribution in [1.29, 1.82) is 0 Å². The standard InChI is InChI=1S/C25H25ClN4O5/c26-19-8-4-5-9-21(19)35-22-10-13-30(25(22)34)20(14-17-6-2-1-3-7-17)24(33)27-23-11-12-29(28-23)15-18(32)16-31/h1-12,18,20,31-32H,13-16H2,(H,27,28,33)/t18-,20+/m1/s1. The lowest BCUT2D eigenvalue weighted by molar-refractivity contribution is -0.135. The number of carbonyl (C=O) groups is 2. The zero-order valence-electron chi connectivity index (χ0n) is 18.8. The number of aliphatic hydroxyl groups is 2. The number of benzene rings is 2. The summed E-state index contributed by atoms with van der Waals surface area (Å²) in [7, 11) is 0. The lowest BCUT2D eigenvalue weighted by Gasteiger charge is -2.27. The molecule has 10 heteroatoms. The van der Waals surface area contributed by atoms with Gasteiger partial charge in [-0.05, 0) is 23.8 Å².